The summed E-state index contributed by atoms with van der Waals surface area (Å²) in [5.74, 6) is 1.56. The molecule has 2 nitrogen and oxygen atoms in total. The van der Waals surface area contributed by atoms with Crippen LogP contribution in [0.15, 0.2) is 18.2 Å². The molecule has 0 aliphatic carbocycles. The van der Waals surface area contributed by atoms with E-state index in [1.54, 1.807) is 0 Å². The van der Waals surface area contributed by atoms with Crippen LogP contribution in [0.5, 0.6) is 11.5 Å². The standard InChI is InChI=1S/C16H25ClO2/c1-6-16(4,5)15(17)12-9-10-13(18-7-2)14(11-12)19-8-3/h9-11,15H,6-8H2,1-5H3. The molecule has 1 aromatic carbocycles. The number of alkyl halides is 1. The Balaban J connectivity index is 3.07. The minimum atomic E-state index is -0.0348. The van der Waals surface area contributed by atoms with Gasteiger partial charge in [0.1, 0.15) is 0 Å². The molecule has 0 aliphatic heterocycles. The zero-order chi connectivity index (χ0) is 14.5. The number of benzene rings is 1. The molecule has 0 aromatic heterocycles. The summed E-state index contributed by atoms with van der Waals surface area (Å²) in [7, 11) is 0. The van der Waals surface area contributed by atoms with Crippen LogP contribution in [-0.4, -0.2) is 13.2 Å². The average molecular weight is 285 g/mol. The lowest BCUT2D eigenvalue weighted by Crippen LogP contribution is -2.17. The van der Waals surface area contributed by atoms with Gasteiger partial charge in [-0.3, -0.25) is 0 Å². The van der Waals surface area contributed by atoms with Gasteiger partial charge in [0.25, 0.3) is 0 Å². The first-order valence-electron chi connectivity index (χ1n) is 6.99. The second-order valence-electron chi connectivity index (χ2n) is 5.28. The van der Waals surface area contributed by atoms with Crippen molar-refractivity contribution in [2.75, 3.05) is 13.2 Å². The van der Waals surface area contributed by atoms with Crippen molar-refractivity contribution in [3.05, 3.63) is 23.8 Å². The lowest BCUT2D eigenvalue weighted by molar-refractivity contribution is 0.286. The van der Waals surface area contributed by atoms with Gasteiger partial charge in [-0.1, -0.05) is 26.8 Å². The third kappa shape index (κ3) is 4.04. The van der Waals surface area contributed by atoms with E-state index in [2.05, 4.69) is 20.8 Å². The third-order valence-corrected chi connectivity index (χ3v) is 4.30. The number of halogens is 1. The van der Waals surface area contributed by atoms with Crippen LogP contribution in [-0.2, 0) is 0 Å². The first-order valence-corrected chi connectivity index (χ1v) is 7.43. The summed E-state index contributed by atoms with van der Waals surface area (Å²) in [6.45, 7) is 11.7. The van der Waals surface area contributed by atoms with Crippen LogP contribution in [0, 0.1) is 5.41 Å². The van der Waals surface area contributed by atoms with Gasteiger partial charge in [-0.2, -0.15) is 0 Å². The van der Waals surface area contributed by atoms with E-state index in [0.717, 1.165) is 23.5 Å². The van der Waals surface area contributed by atoms with E-state index in [9.17, 15) is 0 Å². The van der Waals surface area contributed by atoms with Crippen LogP contribution in [0.4, 0.5) is 0 Å². The molecule has 0 saturated heterocycles. The Morgan fingerprint density at radius 2 is 1.63 bits per heavy atom. The van der Waals surface area contributed by atoms with Crippen molar-refractivity contribution < 1.29 is 9.47 Å². The monoisotopic (exact) mass is 284 g/mol. The van der Waals surface area contributed by atoms with Crippen molar-refractivity contribution in [1.82, 2.24) is 0 Å². The van der Waals surface area contributed by atoms with E-state index >= 15 is 0 Å². The van der Waals surface area contributed by atoms with Crippen LogP contribution >= 0.6 is 11.6 Å². The summed E-state index contributed by atoms with van der Waals surface area (Å²) < 4.78 is 11.2. The van der Waals surface area contributed by atoms with Crippen molar-refractivity contribution in [2.45, 2.75) is 46.4 Å². The van der Waals surface area contributed by atoms with Crippen LogP contribution < -0.4 is 9.47 Å². The molecule has 0 saturated carbocycles. The molecule has 0 aliphatic rings. The molecule has 0 amide bonds. The maximum absolute atomic E-state index is 6.60. The fourth-order valence-corrected chi connectivity index (χ4v) is 2.15. The van der Waals surface area contributed by atoms with Gasteiger partial charge in [0.15, 0.2) is 11.5 Å². The summed E-state index contributed by atoms with van der Waals surface area (Å²) in [4.78, 5) is 0. The maximum atomic E-state index is 6.60. The minimum Gasteiger partial charge on any atom is -0.490 e. The Hall–Kier alpha value is -0.890. The van der Waals surface area contributed by atoms with Gasteiger partial charge in [0.2, 0.25) is 0 Å². The van der Waals surface area contributed by atoms with Crippen LogP contribution in [0.2, 0.25) is 0 Å². The molecular weight excluding hydrogens is 260 g/mol. The van der Waals surface area contributed by atoms with Crippen molar-refractivity contribution >= 4 is 11.6 Å². The molecule has 0 radical (unpaired) electrons. The number of hydrogen-bond donors (Lipinski definition) is 0. The highest BCUT2D eigenvalue weighted by Gasteiger charge is 2.28. The van der Waals surface area contributed by atoms with Crippen LogP contribution in [0.3, 0.4) is 0 Å². The number of hydrogen-bond acceptors (Lipinski definition) is 2. The molecule has 0 bridgehead atoms. The molecule has 3 heteroatoms. The van der Waals surface area contributed by atoms with Gasteiger partial charge in [0, 0.05) is 0 Å². The normalized spacial score (nSPS) is 13.2. The smallest absolute Gasteiger partial charge is 0.161 e. The quantitative estimate of drug-likeness (QED) is 0.641. The minimum absolute atomic E-state index is 0.0348. The zero-order valence-electron chi connectivity index (χ0n) is 12.6. The molecular formula is C16H25ClO2. The molecule has 1 unspecified atom stereocenters. The largest absolute Gasteiger partial charge is 0.490 e. The maximum Gasteiger partial charge on any atom is 0.161 e. The van der Waals surface area contributed by atoms with E-state index in [1.165, 1.54) is 0 Å². The first-order chi connectivity index (χ1) is 8.96. The highest BCUT2D eigenvalue weighted by atomic mass is 35.5. The van der Waals surface area contributed by atoms with Gasteiger partial charge in [-0.25, -0.2) is 0 Å². The lowest BCUT2D eigenvalue weighted by atomic mass is 9.83. The van der Waals surface area contributed by atoms with Crippen molar-refractivity contribution in [1.29, 1.82) is 0 Å². The second kappa shape index (κ2) is 7.04. The predicted octanol–water partition coefficient (Wildman–Crippen LogP) is 5.20. The van der Waals surface area contributed by atoms with Crippen molar-refractivity contribution in [3.8, 4) is 11.5 Å². The Morgan fingerprint density at radius 1 is 1.05 bits per heavy atom. The Labute approximate surface area is 122 Å². The Kier molecular flexibility index (Phi) is 5.99. The van der Waals surface area contributed by atoms with Gasteiger partial charge in [-0.15, -0.1) is 11.6 Å². The molecule has 0 heterocycles. The molecule has 1 aromatic rings. The Morgan fingerprint density at radius 3 is 2.16 bits per heavy atom. The van der Waals surface area contributed by atoms with Gasteiger partial charge < -0.3 is 9.47 Å². The van der Waals surface area contributed by atoms with Crippen LogP contribution in [0.1, 0.15) is 52.0 Å². The molecule has 0 fully saturated rings. The van der Waals surface area contributed by atoms with Gasteiger partial charge in [-0.05, 0) is 43.4 Å². The third-order valence-electron chi connectivity index (χ3n) is 3.46. The second-order valence-corrected chi connectivity index (χ2v) is 5.71. The number of rotatable bonds is 7. The van der Waals surface area contributed by atoms with Crippen molar-refractivity contribution in [3.63, 3.8) is 0 Å². The van der Waals surface area contributed by atoms with Gasteiger partial charge >= 0.3 is 0 Å². The van der Waals surface area contributed by atoms with E-state index < -0.39 is 0 Å². The van der Waals surface area contributed by atoms with E-state index in [1.807, 2.05) is 32.0 Å². The van der Waals surface area contributed by atoms with E-state index in [-0.39, 0.29) is 10.8 Å². The Bertz CT molecular complexity index is 402. The average Bonchev–Trinajstić information content (AvgIpc) is 2.40. The summed E-state index contributed by atoms with van der Waals surface area (Å²) in [5, 5.41) is -0.0348. The topological polar surface area (TPSA) is 18.5 Å². The molecule has 1 atom stereocenters. The predicted molar refractivity (Wildman–Crippen MR) is 81.4 cm³/mol. The highest BCUT2D eigenvalue weighted by molar-refractivity contribution is 6.21. The van der Waals surface area contributed by atoms with Gasteiger partial charge in [0.05, 0.1) is 18.6 Å². The molecule has 19 heavy (non-hydrogen) atoms. The molecule has 108 valence electrons. The molecule has 0 spiro atoms. The lowest BCUT2D eigenvalue weighted by Gasteiger charge is -2.29. The summed E-state index contributed by atoms with van der Waals surface area (Å²) in [6, 6.07) is 5.98. The highest BCUT2D eigenvalue weighted by Crippen LogP contribution is 2.43. The SMILES string of the molecule is CCOc1ccc(C(Cl)C(C)(C)CC)cc1OCC. The number of ether oxygens (including phenoxy) is 2. The van der Waals surface area contributed by atoms with Crippen molar-refractivity contribution in [2.24, 2.45) is 5.41 Å². The van der Waals surface area contributed by atoms with E-state index in [0.29, 0.717) is 13.2 Å². The van der Waals surface area contributed by atoms with E-state index in [4.69, 9.17) is 21.1 Å². The van der Waals surface area contributed by atoms with Crippen LogP contribution in [0.25, 0.3) is 0 Å². The molecule has 0 N–H and O–H groups in total. The first kappa shape index (κ1) is 16.2. The summed E-state index contributed by atoms with van der Waals surface area (Å²) in [5.41, 5.74) is 1.14. The fourth-order valence-electron chi connectivity index (χ4n) is 1.86. The zero-order valence-corrected chi connectivity index (χ0v) is 13.4. The summed E-state index contributed by atoms with van der Waals surface area (Å²) in [6.07, 6.45) is 1.03. The fraction of sp³-hybridized carbons (Fsp3) is 0.625. The molecule has 1 rings (SSSR count). The summed E-state index contributed by atoms with van der Waals surface area (Å²) >= 11 is 6.60.